The van der Waals surface area contributed by atoms with Gasteiger partial charge in [-0.15, -0.1) is 11.3 Å². The van der Waals surface area contributed by atoms with Crippen molar-refractivity contribution in [2.75, 3.05) is 7.11 Å². The number of nitrogens with one attached hydrogen (secondary N) is 1. The van der Waals surface area contributed by atoms with Gasteiger partial charge >= 0.3 is 0 Å². The van der Waals surface area contributed by atoms with Crippen LogP contribution in [0.1, 0.15) is 32.9 Å². The van der Waals surface area contributed by atoms with Crippen molar-refractivity contribution in [1.82, 2.24) is 5.32 Å². The van der Waals surface area contributed by atoms with E-state index in [4.69, 9.17) is 4.74 Å². The summed E-state index contributed by atoms with van der Waals surface area (Å²) in [5.41, 5.74) is 4.20. The first-order chi connectivity index (χ1) is 9.86. The van der Waals surface area contributed by atoms with Crippen LogP contribution in [0.15, 0.2) is 30.3 Å². The molecule has 2 aromatic rings. The zero-order chi connectivity index (χ0) is 13.8. The number of aryl methyl sites for hydroxylation is 2. The van der Waals surface area contributed by atoms with Crippen molar-refractivity contribution in [2.24, 2.45) is 0 Å². The monoisotopic (exact) mass is 287 g/mol. The molecule has 0 fully saturated rings. The highest BCUT2D eigenvalue weighted by atomic mass is 32.1. The standard InChI is InChI=1S/C17H21NOS/c1-19-12-15-6-3-2-5-14(15)10-18-11-16-9-13-7-4-8-17(13)20-16/h2-3,5-6,9,18H,4,7-8,10-12H2,1H3. The number of methoxy groups -OCH3 is 1. The van der Waals surface area contributed by atoms with E-state index in [9.17, 15) is 0 Å². The Morgan fingerprint density at radius 2 is 2.00 bits per heavy atom. The Hall–Kier alpha value is -1.16. The molecule has 0 aliphatic heterocycles. The summed E-state index contributed by atoms with van der Waals surface area (Å²) in [6, 6.07) is 10.9. The molecule has 2 nitrogen and oxygen atoms in total. The summed E-state index contributed by atoms with van der Waals surface area (Å²) in [5, 5.41) is 3.56. The second kappa shape index (κ2) is 6.53. The predicted octanol–water partition coefficient (Wildman–Crippen LogP) is 3.67. The summed E-state index contributed by atoms with van der Waals surface area (Å²) >= 11 is 1.98. The molecule has 0 spiro atoms. The predicted molar refractivity (Wildman–Crippen MR) is 84.0 cm³/mol. The molecule has 0 bridgehead atoms. The van der Waals surface area contributed by atoms with E-state index in [0.717, 1.165) is 13.1 Å². The Morgan fingerprint density at radius 1 is 1.15 bits per heavy atom. The van der Waals surface area contributed by atoms with Gasteiger partial charge in [0.1, 0.15) is 0 Å². The van der Waals surface area contributed by atoms with Crippen LogP contribution in [-0.4, -0.2) is 7.11 Å². The zero-order valence-corrected chi connectivity index (χ0v) is 12.8. The Bertz CT molecular complexity index is 555. The van der Waals surface area contributed by atoms with Crippen molar-refractivity contribution < 1.29 is 4.74 Å². The van der Waals surface area contributed by atoms with Crippen LogP contribution in [0.2, 0.25) is 0 Å². The first-order valence-corrected chi connectivity index (χ1v) is 8.05. The van der Waals surface area contributed by atoms with Crippen molar-refractivity contribution in [3.63, 3.8) is 0 Å². The van der Waals surface area contributed by atoms with Crippen LogP contribution < -0.4 is 5.32 Å². The number of benzene rings is 1. The molecule has 0 unspecified atom stereocenters. The fraction of sp³-hybridized carbons (Fsp3) is 0.412. The number of thiophene rings is 1. The van der Waals surface area contributed by atoms with Crippen LogP contribution in [0.3, 0.4) is 0 Å². The lowest BCUT2D eigenvalue weighted by Crippen LogP contribution is -2.13. The number of ether oxygens (including phenoxy) is 1. The number of rotatable bonds is 6. The molecular formula is C17H21NOS. The van der Waals surface area contributed by atoms with E-state index in [0.29, 0.717) is 6.61 Å². The van der Waals surface area contributed by atoms with E-state index in [-0.39, 0.29) is 0 Å². The Morgan fingerprint density at radius 3 is 2.80 bits per heavy atom. The third-order valence-electron chi connectivity index (χ3n) is 3.83. The highest BCUT2D eigenvalue weighted by molar-refractivity contribution is 7.12. The number of hydrogen-bond acceptors (Lipinski definition) is 3. The molecule has 106 valence electrons. The molecule has 20 heavy (non-hydrogen) atoms. The fourth-order valence-corrected chi connectivity index (χ4v) is 4.05. The van der Waals surface area contributed by atoms with Gasteiger partial charge in [0.15, 0.2) is 0 Å². The molecule has 0 atom stereocenters. The van der Waals surface area contributed by atoms with E-state index in [2.05, 4.69) is 35.6 Å². The topological polar surface area (TPSA) is 21.3 Å². The van der Waals surface area contributed by atoms with Gasteiger partial charge in [0.05, 0.1) is 6.61 Å². The molecule has 1 aliphatic rings. The van der Waals surface area contributed by atoms with Crippen LogP contribution in [0.4, 0.5) is 0 Å². The van der Waals surface area contributed by atoms with Gasteiger partial charge in [-0.3, -0.25) is 0 Å². The molecule has 0 saturated heterocycles. The Labute approximate surface area is 124 Å². The smallest absolute Gasteiger partial charge is 0.0716 e. The van der Waals surface area contributed by atoms with Gasteiger partial charge < -0.3 is 10.1 Å². The molecule has 1 aliphatic carbocycles. The van der Waals surface area contributed by atoms with Gasteiger partial charge in [-0.1, -0.05) is 24.3 Å². The largest absolute Gasteiger partial charge is 0.380 e. The molecule has 1 heterocycles. The van der Waals surface area contributed by atoms with Gasteiger partial charge in [0, 0.05) is 30.0 Å². The summed E-state index contributed by atoms with van der Waals surface area (Å²) in [5.74, 6) is 0. The van der Waals surface area contributed by atoms with E-state index < -0.39 is 0 Å². The average Bonchev–Trinajstić information content (AvgIpc) is 3.02. The summed E-state index contributed by atoms with van der Waals surface area (Å²) in [4.78, 5) is 3.08. The molecule has 0 radical (unpaired) electrons. The second-order valence-corrected chi connectivity index (χ2v) is 6.54. The lowest BCUT2D eigenvalue weighted by Gasteiger charge is -2.09. The minimum Gasteiger partial charge on any atom is -0.380 e. The van der Waals surface area contributed by atoms with Crippen LogP contribution >= 0.6 is 11.3 Å². The highest BCUT2D eigenvalue weighted by Gasteiger charge is 2.14. The van der Waals surface area contributed by atoms with E-state index in [1.807, 2.05) is 11.3 Å². The number of fused-ring (bicyclic) bond motifs is 1. The average molecular weight is 287 g/mol. The van der Waals surface area contributed by atoms with Crippen molar-refractivity contribution >= 4 is 11.3 Å². The van der Waals surface area contributed by atoms with Gasteiger partial charge in [-0.05, 0) is 42.0 Å². The Kier molecular flexibility index (Phi) is 4.51. The van der Waals surface area contributed by atoms with E-state index >= 15 is 0 Å². The first kappa shape index (κ1) is 13.8. The quantitative estimate of drug-likeness (QED) is 0.875. The van der Waals surface area contributed by atoms with Crippen molar-refractivity contribution in [1.29, 1.82) is 0 Å². The lowest BCUT2D eigenvalue weighted by molar-refractivity contribution is 0.184. The third-order valence-corrected chi connectivity index (χ3v) is 5.07. The maximum Gasteiger partial charge on any atom is 0.0716 e. The van der Waals surface area contributed by atoms with Crippen molar-refractivity contribution in [3.05, 3.63) is 56.8 Å². The van der Waals surface area contributed by atoms with E-state index in [1.54, 1.807) is 17.6 Å². The van der Waals surface area contributed by atoms with Crippen molar-refractivity contribution in [2.45, 2.75) is 39.0 Å². The van der Waals surface area contributed by atoms with Crippen LogP contribution in [0.25, 0.3) is 0 Å². The number of hydrogen-bond donors (Lipinski definition) is 1. The normalized spacial score (nSPS) is 13.7. The third kappa shape index (κ3) is 3.11. The minimum absolute atomic E-state index is 0.686. The van der Waals surface area contributed by atoms with Gasteiger partial charge in [0.25, 0.3) is 0 Å². The molecule has 3 rings (SSSR count). The maximum atomic E-state index is 5.25. The highest BCUT2D eigenvalue weighted by Crippen LogP contribution is 2.30. The fourth-order valence-electron chi connectivity index (χ4n) is 2.82. The molecular weight excluding hydrogens is 266 g/mol. The first-order valence-electron chi connectivity index (χ1n) is 7.23. The molecule has 0 amide bonds. The molecule has 1 N–H and O–H groups in total. The van der Waals surface area contributed by atoms with Gasteiger partial charge in [-0.2, -0.15) is 0 Å². The summed E-state index contributed by atoms with van der Waals surface area (Å²) in [7, 11) is 1.75. The van der Waals surface area contributed by atoms with Crippen LogP contribution in [0, 0.1) is 0 Å². The van der Waals surface area contributed by atoms with Crippen LogP contribution in [-0.2, 0) is 37.3 Å². The SMILES string of the molecule is COCc1ccccc1CNCc1cc2c(s1)CCC2. The zero-order valence-electron chi connectivity index (χ0n) is 11.9. The lowest BCUT2D eigenvalue weighted by atomic mass is 10.1. The van der Waals surface area contributed by atoms with E-state index in [1.165, 1.54) is 35.3 Å². The Balaban J connectivity index is 1.57. The molecule has 1 aromatic heterocycles. The second-order valence-electron chi connectivity index (χ2n) is 5.32. The summed E-state index contributed by atoms with van der Waals surface area (Å²) in [6.07, 6.45) is 3.92. The van der Waals surface area contributed by atoms with Gasteiger partial charge in [-0.25, -0.2) is 0 Å². The molecule has 0 saturated carbocycles. The minimum atomic E-state index is 0.686. The maximum absolute atomic E-state index is 5.25. The van der Waals surface area contributed by atoms with Crippen molar-refractivity contribution in [3.8, 4) is 0 Å². The summed E-state index contributed by atoms with van der Waals surface area (Å²) in [6.45, 7) is 2.56. The molecule has 3 heteroatoms. The molecule has 1 aromatic carbocycles. The van der Waals surface area contributed by atoms with Crippen LogP contribution in [0.5, 0.6) is 0 Å². The summed E-state index contributed by atoms with van der Waals surface area (Å²) < 4.78 is 5.25. The van der Waals surface area contributed by atoms with Gasteiger partial charge in [0.2, 0.25) is 0 Å².